The molecule has 0 aromatic heterocycles. The lowest BCUT2D eigenvalue weighted by atomic mass is 9.99. The fraction of sp³-hybridized carbons (Fsp3) is 0.588. The Balaban J connectivity index is 2.17. The number of likely N-dealkylation sites (N-methyl/N-ethyl adjacent to an activating group) is 1. The van der Waals surface area contributed by atoms with Crippen LogP contribution >= 0.6 is 0 Å². The number of anilines is 1. The van der Waals surface area contributed by atoms with Crippen LogP contribution in [0.2, 0.25) is 0 Å². The van der Waals surface area contributed by atoms with E-state index >= 15 is 0 Å². The van der Waals surface area contributed by atoms with E-state index in [0.29, 0.717) is 0 Å². The first-order chi connectivity index (χ1) is 9.95. The number of amides is 1. The van der Waals surface area contributed by atoms with Crippen LogP contribution in [0, 0.1) is 0 Å². The molecule has 0 radical (unpaired) electrons. The van der Waals surface area contributed by atoms with E-state index < -0.39 is 0 Å². The van der Waals surface area contributed by atoms with Crippen LogP contribution in [0.15, 0.2) is 24.3 Å². The molecular formula is C17H27N3O. The average Bonchev–Trinajstić information content (AvgIpc) is 2.47. The van der Waals surface area contributed by atoms with Crippen LogP contribution in [0.3, 0.4) is 0 Å². The summed E-state index contributed by atoms with van der Waals surface area (Å²) in [6, 6.07) is 7.82. The summed E-state index contributed by atoms with van der Waals surface area (Å²) in [4.78, 5) is 17.1. The smallest absolute Gasteiger partial charge is 0.256 e. The maximum atomic E-state index is 12.8. The highest BCUT2D eigenvalue weighted by Gasteiger charge is 2.33. The topological polar surface area (TPSA) is 35.6 Å². The van der Waals surface area contributed by atoms with Gasteiger partial charge >= 0.3 is 0 Å². The molecule has 2 rings (SSSR count). The summed E-state index contributed by atoms with van der Waals surface area (Å²) in [6.07, 6.45) is 1.05. The zero-order valence-electron chi connectivity index (χ0n) is 13.6. The van der Waals surface area contributed by atoms with Gasteiger partial charge in [-0.15, -0.1) is 0 Å². The van der Waals surface area contributed by atoms with Gasteiger partial charge in [0.1, 0.15) is 0 Å². The molecule has 0 saturated carbocycles. The fourth-order valence-electron chi connectivity index (χ4n) is 2.67. The molecule has 0 spiro atoms. The molecule has 1 fully saturated rings. The van der Waals surface area contributed by atoms with Crippen molar-refractivity contribution in [2.45, 2.75) is 32.7 Å². The Labute approximate surface area is 128 Å². The van der Waals surface area contributed by atoms with Crippen LogP contribution < -0.4 is 5.32 Å². The molecule has 1 aromatic carbocycles. The number of carbonyl (C=O) groups excluding carboxylic acids is 1. The largest absolute Gasteiger partial charge is 0.384 e. The van der Waals surface area contributed by atoms with Gasteiger partial charge in [-0.25, -0.2) is 0 Å². The predicted molar refractivity (Wildman–Crippen MR) is 87.8 cm³/mol. The van der Waals surface area contributed by atoms with Crippen LogP contribution in [0.25, 0.3) is 0 Å². The summed E-state index contributed by atoms with van der Waals surface area (Å²) in [7, 11) is 2.12. The van der Waals surface area contributed by atoms with Gasteiger partial charge in [-0.05, 0) is 39.4 Å². The maximum absolute atomic E-state index is 12.8. The number of para-hydroxylation sites is 1. The highest BCUT2D eigenvalue weighted by atomic mass is 16.2. The number of benzene rings is 1. The van der Waals surface area contributed by atoms with Crippen molar-refractivity contribution in [2.24, 2.45) is 0 Å². The lowest BCUT2D eigenvalue weighted by Crippen LogP contribution is -2.58. The molecule has 1 aromatic rings. The van der Waals surface area contributed by atoms with Crippen LogP contribution in [-0.2, 0) is 0 Å². The molecule has 0 atom stereocenters. The first-order valence-corrected chi connectivity index (χ1v) is 7.79. The van der Waals surface area contributed by atoms with Crippen LogP contribution in [0.5, 0.6) is 0 Å². The van der Waals surface area contributed by atoms with E-state index in [0.717, 1.165) is 43.9 Å². The molecule has 4 nitrogen and oxygen atoms in total. The predicted octanol–water partition coefficient (Wildman–Crippen LogP) is 2.67. The van der Waals surface area contributed by atoms with Gasteiger partial charge in [-0.3, -0.25) is 9.69 Å². The normalized spacial score (nSPS) is 18.6. The monoisotopic (exact) mass is 289 g/mol. The molecule has 1 N–H and O–H groups in total. The molecule has 0 aliphatic carbocycles. The summed E-state index contributed by atoms with van der Waals surface area (Å²) in [6.45, 7) is 9.87. The van der Waals surface area contributed by atoms with Crippen molar-refractivity contribution >= 4 is 11.6 Å². The zero-order valence-corrected chi connectivity index (χ0v) is 13.6. The first-order valence-electron chi connectivity index (χ1n) is 7.79. The summed E-state index contributed by atoms with van der Waals surface area (Å²) in [5, 5.41) is 3.35. The van der Waals surface area contributed by atoms with Crippen LogP contribution in [0.1, 0.15) is 37.6 Å². The SMILES string of the molecule is CCCNc1ccccc1C(=O)N1CCN(C)C(C)(C)C1. The van der Waals surface area contributed by atoms with Crippen molar-refractivity contribution in [1.29, 1.82) is 0 Å². The minimum Gasteiger partial charge on any atom is -0.384 e. The molecule has 1 heterocycles. The number of nitrogens with zero attached hydrogens (tertiary/aromatic N) is 2. The molecular weight excluding hydrogens is 262 g/mol. The summed E-state index contributed by atoms with van der Waals surface area (Å²) < 4.78 is 0. The number of nitrogens with one attached hydrogen (secondary N) is 1. The minimum absolute atomic E-state index is 0.0275. The van der Waals surface area contributed by atoms with E-state index in [9.17, 15) is 4.79 Å². The summed E-state index contributed by atoms with van der Waals surface area (Å²) in [5.74, 6) is 0.135. The van der Waals surface area contributed by atoms with E-state index in [2.05, 4.69) is 38.0 Å². The highest BCUT2D eigenvalue weighted by molar-refractivity contribution is 5.99. The van der Waals surface area contributed by atoms with Crippen LogP contribution in [-0.4, -0.2) is 54.5 Å². The second kappa shape index (κ2) is 6.48. The Hall–Kier alpha value is -1.55. The number of rotatable bonds is 4. The van der Waals surface area contributed by atoms with Crippen molar-refractivity contribution in [1.82, 2.24) is 9.80 Å². The second-order valence-corrected chi connectivity index (χ2v) is 6.43. The Bertz CT molecular complexity index is 499. The van der Waals surface area contributed by atoms with Crippen LogP contribution in [0.4, 0.5) is 5.69 Å². The highest BCUT2D eigenvalue weighted by Crippen LogP contribution is 2.23. The Morgan fingerprint density at radius 2 is 2.00 bits per heavy atom. The first kappa shape index (κ1) is 15.8. The van der Waals surface area contributed by atoms with Crippen molar-refractivity contribution < 1.29 is 4.79 Å². The van der Waals surface area contributed by atoms with E-state index in [1.165, 1.54) is 0 Å². The zero-order chi connectivity index (χ0) is 15.5. The molecule has 21 heavy (non-hydrogen) atoms. The molecule has 0 unspecified atom stereocenters. The van der Waals surface area contributed by atoms with E-state index in [-0.39, 0.29) is 11.4 Å². The van der Waals surface area contributed by atoms with Gasteiger partial charge in [0.15, 0.2) is 0 Å². The van der Waals surface area contributed by atoms with Gasteiger partial charge in [0.05, 0.1) is 5.56 Å². The summed E-state index contributed by atoms with van der Waals surface area (Å²) in [5.41, 5.74) is 1.76. The molecule has 1 aliphatic rings. The third kappa shape index (κ3) is 3.56. The molecule has 116 valence electrons. The van der Waals surface area contributed by atoms with E-state index in [1.54, 1.807) is 0 Å². The Morgan fingerprint density at radius 3 is 2.67 bits per heavy atom. The lowest BCUT2D eigenvalue weighted by molar-refractivity contribution is 0.0312. The van der Waals surface area contributed by atoms with Gasteiger partial charge in [0, 0.05) is 37.4 Å². The van der Waals surface area contributed by atoms with Gasteiger partial charge in [-0.1, -0.05) is 19.1 Å². The molecule has 4 heteroatoms. The van der Waals surface area contributed by atoms with Crippen molar-refractivity contribution in [2.75, 3.05) is 38.5 Å². The molecule has 1 amide bonds. The maximum Gasteiger partial charge on any atom is 0.256 e. The third-order valence-electron chi connectivity index (χ3n) is 4.33. The number of carbonyl (C=O) groups is 1. The van der Waals surface area contributed by atoms with E-state index in [4.69, 9.17) is 0 Å². The van der Waals surface area contributed by atoms with Gasteiger partial charge in [-0.2, -0.15) is 0 Å². The minimum atomic E-state index is 0.0275. The Kier molecular flexibility index (Phi) is 4.88. The number of hydrogen-bond donors (Lipinski definition) is 1. The van der Waals surface area contributed by atoms with E-state index in [1.807, 2.05) is 29.2 Å². The van der Waals surface area contributed by atoms with Gasteiger partial charge in [0.2, 0.25) is 0 Å². The standard InChI is InChI=1S/C17H27N3O/c1-5-10-18-15-9-7-6-8-14(15)16(21)20-12-11-19(4)17(2,3)13-20/h6-9,18H,5,10-13H2,1-4H3. The number of piperazine rings is 1. The molecule has 0 bridgehead atoms. The van der Waals surface area contributed by atoms with Crippen molar-refractivity contribution in [3.05, 3.63) is 29.8 Å². The van der Waals surface area contributed by atoms with Gasteiger partial charge < -0.3 is 10.2 Å². The quantitative estimate of drug-likeness (QED) is 0.925. The number of hydrogen-bond acceptors (Lipinski definition) is 3. The third-order valence-corrected chi connectivity index (χ3v) is 4.33. The van der Waals surface area contributed by atoms with Crippen molar-refractivity contribution in [3.63, 3.8) is 0 Å². The molecule has 1 aliphatic heterocycles. The summed E-state index contributed by atoms with van der Waals surface area (Å²) >= 11 is 0. The van der Waals surface area contributed by atoms with Gasteiger partial charge in [0.25, 0.3) is 5.91 Å². The van der Waals surface area contributed by atoms with Crippen molar-refractivity contribution in [3.8, 4) is 0 Å². The molecule has 1 saturated heterocycles. The Morgan fingerprint density at radius 1 is 1.29 bits per heavy atom. The fourth-order valence-corrected chi connectivity index (χ4v) is 2.67. The average molecular weight is 289 g/mol. The second-order valence-electron chi connectivity index (χ2n) is 6.43. The lowest BCUT2D eigenvalue weighted by Gasteiger charge is -2.45.